The second-order valence-electron chi connectivity index (χ2n) is 5.19. The zero-order valence-electron chi connectivity index (χ0n) is 12.3. The first kappa shape index (κ1) is 20.3. The van der Waals surface area contributed by atoms with Crippen molar-refractivity contribution in [2.45, 2.75) is 26.3 Å². The molecule has 0 heterocycles. The van der Waals surface area contributed by atoms with Gasteiger partial charge < -0.3 is 15.8 Å². The van der Waals surface area contributed by atoms with Crippen LogP contribution in [0, 0.1) is 5.92 Å². The minimum absolute atomic E-state index is 0. The monoisotopic (exact) mass is 354 g/mol. The average molecular weight is 356 g/mol. The summed E-state index contributed by atoms with van der Waals surface area (Å²) in [5.41, 5.74) is 5.26. The maximum Gasteiger partial charge on any atom is 0.258 e. The van der Waals surface area contributed by atoms with Crippen LogP contribution in [0.15, 0.2) is 18.2 Å². The SMILES string of the molecule is CC(C)C(C)(CN)NC(=O)COc1ccc(Cl)cc1Cl.Cl. The lowest BCUT2D eigenvalue weighted by Gasteiger charge is -2.33. The van der Waals surface area contributed by atoms with Crippen molar-refractivity contribution in [3.63, 3.8) is 0 Å². The smallest absolute Gasteiger partial charge is 0.258 e. The summed E-state index contributed by atoms with van der Waals surface area (Å²) in [6.07, 6.45) is 0. The molecule has 0 saturated carbocycles. The van der Waals surface area contributed by atoms with Gasteiger partial charge in [-0.25, -0.2) is 0 Å². The van der Waals surface area contributed by atoms with E-state index in [1.807, 2.05) is 20.8 Å². The third-order valence-corrected chi connectivity index (χ3v) is 3.91. The fraction of sp³-hybridized carbons (Fsp3) is 0.500. The molecular formula is C14H21Cl3N2O2. The molecule has 0 aliphatic carbocycles. The van der Waals surface area contributed by atoms with Gasteiger partial charge in [0.25, 0.3) is 5.91 Å². The van der Waals surface area contributed by atoms with Crippen LogP contribution >= 0.6 is 35.6 Å². The van der Waals surface area contributed by atoms with E-state index in [0.717, 1.165) is 0 Å². The molecule has 7 heteroatoms. The van der Waals surface area contributed by atoms with Crippen molar-refractivity contribution in [3.05, 3.63) is 28.2 Å². The molecule has 4 nitrogen and oxygen atoms in total. The highest BCUT2D eigenvalue weighted by Crippen LogP contribution is 2.27. The Morgan fingerprint density at radius 1 is 1.43 bits per heavy atom. The predicted octanol–water partition coefficient (Wildman–Crippen LogP) is 3.28. The Bertz CT molecular complexity index is 483. The molecule has 1 unspecified atom stereocenters. The largest absolute Gasteiger partial charge is 0.482 e. The molecule has 1 atom stereocenters. The van der Waals surface area contributed by atoms with Crippen molar-refractivity contribution in [2.24, 2.45) is 11.7 Å². The van der Waals surface area contributed by atoms with Crippen LogP contribution in [0.2, 0.25) is 10.0 Å². The van der Waals surface area contributed by atoms with Gasteiger partial charge in [-0.05, 0) is 31.0 Å². The zero-order chi connectivity index (χ0) is 15.3. The highest BCUT2D eigenvalue weighted by Gasteiger charge is 2.28. The molecule has 21 heavy (non-hydrogen) atoms. The van der Waals surface area contributed by atoms with Crippen molar-refractivity contribution in [1.29, 1.82) is 0 Å². The summed E-state index contributed by atoms with van der Waals surface area (Å²) in [6, 6.07) is 4.84. The summed E-state index contributed by atoms with van der Waals surface area (Å²) < 4.78 is 5.38. The van der Waals surface area contributed by atoms with Gasteiger partial charge in [0.05, 0.1) is 10.6 Å². The highest BCUT2D eigenvalue weighted by atomic mass is 35.5. The van der Waals surface area contributed by atoms with Gasteiger partial charge in [-0.15, -0.1) is 12.4 Å². The average Bonchev–Trinajstić information content (AvgIpc) is 2.37. The van der Waals surface area contributed by atoms with E-state index in [9.17, 15) is 4.79 Å². The summed E-state index contributed by atoms with van der Waals surface area (Å²) in [7, 11) is 0. The van der Waals surface area contributed by atoms with Gasteiger partial charge in [-0.1, -0.05) is 37.0 Å². The first-order valence-corrected chi connectivity index (χ1v) is 7.13. The van der Waals surface area contributed by atoms with E-state index < -0.39 is 5.54 Å². The molecule has 0 saturated heterocycles. The molecule has 0 aliphatic rings. The lowest BCUT2D eigenvalue weighted by Crippen LogP contribution is -2.56. The molecule has 0 bridgehead atoms. The van der Waals surface area contributed by atoms with E-state index in [4.69, 9.17) is 33.7 Å². The van der Waals surface area contributed by atoms with Crippen LogP contribution in [0.1, 0.15) is 20.8 Å². The standard InChI is InChI=1S/C14H20Cl2N2O2.ClH/c1-9(2)14(3,8-17)18-13(19)7-20-12-5-4-10(15)6-11(12)16;/h4-6,9H,7-8,17H2,1-3H3,(H,18,19);1H. The lowest BCUT2D eigenvalue weighted by atomic mass is 9.88. The first-order valence-electron chi connectivity index (χ1n) is 6.37. The van der Waals surface area contributed by atoms with E-state index >= 15 is 0 Å². The van der Waals surface area contributed by atoms with Crippen LogP contribution in [0.4, 0.5) is 0 Å². The van der Waals surface area contributed by atoms with Gasteiger partial charge in [0, 0.05) is 11.6 Å². The summed E-state index contributed by atoms with van der Waals surface area (Å²) in [4.78, 5) is 11.9. The minimum atomic E-state index is -0.454. The molecule has 0 fully saturated rings. The molecule has 1 aromatic carbocycles. The lowest BCUT2D eigenvalue weighted by molar-refractivity contribution is -0.125. The number of amides is 1. The van der Waals surface area contributed by atoms with E-state index in [0.29, 0.717) is 22.3 Å². The number of nitrogens with one attached hydrogen (secondary N) is 1. The number of nitrogens with two attached hydrogens (primary N) is 1. The van der Waals surface area contributed by atoms with Crippen molar-refractivity contribution >= 4 is 41.5 Å². The van der Waals surface area contributed by atoms with Gasteiger partial charge in [0.1, 0.15) is 5.75 Å². The minimum Gasteiger partial charge on any atom is -0.482 e. The zero-order valence-corrected chi connectivity index (χ0v) is 14.6. The molecule has 1 rings (SSSR count). The number of ether oxygens (including phenoxy) is 1. The topological polar surface area (TPSA) is 64.3 Å². The quantitative estimate of drug-likeness (QED) is 0.823. The third-order valence-electron chi connectivity index (χ3n) is 3.38. The van der Waals surface area contributed by atoms with Gasteiger partial charge in [-0.3, -0.25) is 4.79 Å². The van der Waals surface area contributed by atoms with Crippen molar-refractivity contribution in [3.8, 4) is 5.75 Å². The van der Waals surface area contributed by atoms with Crippen molar-refractivity contribution in [1.82, 2.24) is 5.32 Å². The van der Waals surface area contributed by atoms with Crippen LogP contribution < -0.4 is 15.8 Å². The molecular weight excluding hydrogens is 335 g/mol. The van der Waals surface area contributed by atoms with E-state index in [-0.39, 0.29) is 30.8 Å². The molecule has 0 spiro atoms. The molecule has 1 aromatic rings. The molecule has 1 amide bonds. The van der Waals surface area contributed by atoms with Crippen LogP contribution in [0.5, 0.6) is 5.75 Å². The number of benzene rings is 1. The number of carbonyl (C=O) groups is 1. The van der Waals surface area contributed by atoms with Crippen LogP contribution in [-0.2, 0) is 4.79 Å². The number of rotatable bonds is 6. The normalized spacial score (nSPS) is 13.3. The van der Waals surface area contributed by atoms with Gasteiger partial charge >= 0.3 is 0 Å². The number of halogens is 3. The molecule has 0 aromatic heterocycles. The summed E-state index contributed by atoms with van der Waals surface area (Å²) in [5, 5.41) is 3.77. The molecule has 3 N–H and O–H groups in total. The maximum atomic E-state index is 11.9. The Balaban J connectivity index is 0.00000400. The number of hydrogen-bond acceptors (Lipinski definition) is 3. The van der Waals surface area contributed by atoms with Gasteiger partial charge in [-0.2, -0.15) is 0 Å². The van der Waals surface area contributed by atoms with E-state index in [1.165, 1.54) is 0 Å². The van der Waals surface area contributed by atoms with Gasteiger partial charge in [0.2, 0.25) is 0 Å². The van der Waals surface area contributed by atoms with Crippen molar-refractivity contribution < 1.29 is 9.53 Å². The fourth-order valence-electron chi connectivity index (χ4n) is 1.52. The predicted molar refractivity (Wildman–Crippen MR) is 89.6 cm³/mol. The van der Waals surface area contributed by atoms with E-state index in [1.54, 1.807) is 18.2 Å². The second-order valence-corrected chi connectivity index (χ2v) is 6.03. The number of hydrogen-bond donors (Lipinski definition) is 2. The molecule has 120 valence electrons. The Morgan fingerprint density at radius 2 is 2.05 bits per heavy atom. The van der Waals surface area contributed by atoms with Crippen LogP contribution in [-0.4, -0.2) is 24.6 Å². The maximum absolute atomic E-state index is 11.9. The molecule has 0 aliphatic heterocycles. The summed E-state index contributed by atoms with van der Waals surface area (Å²) in [5.74, 6) is 0.401. The Labute approximate surface area is 141 Å². The third kappa shape index (κ3) is 5.91. The summed E-state index contributed by atoms with van der Waals surface area (Å²) in [6.45, 7) is 6.15. The van der Waals surface area contributed by atoms with Crippen molar-refractivity contribution in [2.75, 3.05) is 13.2 Å². The Morgan fingerprint density at radius 3 is 2.52 bits per heavy atom. The first-order chi connectivity index (χ1) is 9.28. The molecule has 0 radical (unpaired) electrons. The van der Waals surface area contributed by atoms with Crippen LogP contribution in [0.3, 0.4) is 0 Å². The fourth-order valence-corrected chi connectivity index (χ4v) is 1.98. The van der Waals surface area contributed by atoms with Gasteiger partial charge in [0.15, 0.2) is 6.61 Å². The van der Waals surface area contributed by atoms with Crippen LogP contribution in [0.25, 0.3) is 0 Å². The number of carbonyl (C=O) groups excluding carboxylic acids is 1. The van der Waals surface area contributed by atoms with E-state index in [2.05, 4.69) is 5.32 Å². The second kappa shape index (κ2) is 8.69. The Hall–Kier alpha value is -0.680. The Kier molecular flexibility index (Phi) is 8.41. The highest BCUT2D eigenvalue weighted by molar-refractivity contribution is 6.35. The summed E-state index contributed by atoms with van der Waals surface area (Å²) >= 11 is 11.7.